The van der Waals surface area contributed by atoms with Crippen molar-refractivity contribution in [3.8, 4) is 16.3 Å². The highest BCUT2D eigenvalue weighted by Gasteiger charge is 2.23. The van der Waals surface area contributed by atoms with Gasteiger partial charge in [-0.15, -0.1) is 11.3 Å². The normalized spacial score (nSPS) is 15.5. The van der Waals surface area contributed by atoms with E-state index in [1.807, 2.05) is 54.8 Å². The van der Waals surface area contributed by atoms with Crippen LogP contribution in [0.2, 0.25) is 0 Å². The van der Waals surface area contributed by atoms with Gasteiger partial charge in [-0.2, -0.15) is 5.10 Å². The van der Waals surface area contributed by atoms with Crippen molar-refractivity contribution in [3.63, 3.8) is 0 Å². The van der Waals surface area contributed by atoms with Gasteiger partial charge in [-0.3, -0.25) is 4.79 Å². The lowest BCUT2D eigenvalue weighted by molar-refractivity contribution is -0.124. The minimum absolute atomic E-state index is 0.0271. The number of carbonyl (C=O) groups is 2. The topological polar surface area (TPSA) is 95.3 Å². The molecule has 5 rings (SSSR count). The van der Waals surface area contributed by atoms with Crippen LogP contribution in [0.1, 0.15) is 28.9 Å². The van der Waals surface area contributed by atoms with Gasteiger partial charge in [-0.05, 0) is 49.4 Å². The van der Waals surface area contributed by atoms with Crippen LogP contribution in [0.4, 0.5) is 0 Å². The van der Waals surface area contributed by atoms with Crippen molar-refractivity contribution in [2.75, 3.05) is 19.8 Å². The van der Waals surface area contributed by atoms with E-state index in [1.54, 1.807) is 10.7 Å². The minimum atomic E-state index is -0.590. The molecule has 0 bridgehead atoms. The van der Waals surface area contributed by atoms with Gasteiger partial charge in [0.2, 0.25) is 0 Å². The molecule has 1 amide bonds. The summed E-state index contributed by atoms with van der Waals surface area (Å²) in [6.07, 6.45) is 1.95. The maximum Gasteiger partial charge on any atom is 0.339 e. The van der Waals surface area contributed by atoms with E-state index in [0.29, 0.717) is 34.5 Å². The van der Waals surface area contributed by atoms with E-state index in [4.69, 9.17) is 14.5 Å². The molecule has 1 atom stereocenters. The lowest BCUT2D eigenvalue weighted by Gasteiger charge is -2.11. The molecule has 1 aliphatic rings. The second-order valence-corrected chi connectivity index (χ2v) is 9.03. The fraction of sp³-hybridized carbons (Fsp3) is 0.280. The number of hydrogen-bond acceptors (Lipinski definition) is 7. The number of aryl methyl sites for hydroxylation is 1. The van der Waals surface area contributed by atoms with Gasteiger partial charge in [-0.25, -0.2) is 14.5 Å². The number of para-hydroxylation sites is 1. The van der Waals surface area contributed by atoms with Crippen LogP contribution in [-0.4, -0.2) is 52.5 Å². The Kier molecular flexibility index (Phi) is 6.37. The number of carbonyl (C=O) groups excluding carboxylic acids is 2. The van der Waals surface area contributed by atoms with E-state index in [9.17, 15) is 9.59 Å². The molecule has 4 heterocycles. The van der Waals surface area contributed by atoms with Crippen LogP contribution in [0, 0.1) is 6.92 Å². The first-order valence-corrected chi connectivity index (χ1v) is 12.0. The van der Waals surface area contributed by atoms with Gasteiger partial charge in [0.05, 0.1) is 39.0 Å². The molecule has 1 saturated heterocycles. The first-order valence-electron chi connectivity index (χ1n) is 11.2. The Labute approximate surface area is 200 Å². The number of pyridine rings is 1. The molecule has 9 heteroatoms. The van der Waals surface area contributed by atoms with Crippen LogP contribution in [-0.2, 0) is 14.3 Å². The second kappa shape index (κ2) is 9.74. The third-order valence-corrected chi connectivity index (χ3v) is 6.58. The van der Waals surface area contributed by atoms with Crippen molar-refractivity contribution >= 4 is 34.2 Å². The van der Waals surface area contributed by atoms with E-state index in [0.717, 1.165) is 30.0 Å². The molecule has 0 spiro atoms. The van der Waals surface area contributed by atoms with Gasteiger partial charge in [0, 0.05) is 13.2 Å². The average Bonchev–Trinajstić information content (AvgIpc) is 3.63. The number of rotatable bonds is 7. The van der Waals surface area contributed by atoms with E-state index in [2.05, 4.69) is 10.4 Å². The van der Waals surface area contributed by atoms with Crippen LogP contribution in [0.5, 0.6) is 0 Å². The fourth-order valence-electron chi connectivity index (χ4n) is 4.04. The van der Waals surface area contributed by atoms with Gasteiger partial charge in [0.1, 0.15) is 0 Å². The number of ether oxygens (including phenoxy) is 2. The molecule has 0 unspecified atom stereocenters. The highest BCUT2D eigenvalue weighted by atomic mass is 32.1. The summed E-state index contributed by atoms with van der Waals surface area (Å²) in [5.74, 6) is -0.947. The quantitative estimate of drug-likeness (QED) is 0.407. The number of amides is 1. The number of esters is 1. The highest BCUT2D eigenvalue weighted by Crippen LogP contribution is 2.31. The van der Waals surface area contributed by atoms with Crippen molar-refractivity contribution in [2.24, 2.45) is 0 Å². The second-order valence-electron chi connectivity index (χ2n) is 8.08. The van der Waals surface area contributed by atoms with Crippen LogP contribution in [0.15, 0.2) is 53.9 Å². The average molecular weight is 477 g/mol. The van der Waals surface area contributed by atoms with Gasteiger partial charge in [0.15, 0.2) is 12.3 Å². The monoisotopic (exact) mass is 476 g/mol. The summed E-state index contributed by atoms with van der Waals surface area (Å²) in [7, 11) is 0. The molecule has 8 nitrogen and oxygen atoms in total. The van der Waals surface area contributed by atoms with Crippen molar-refractivity contribution < 1.29 is 19.1 Å². The maximum atomic E-state index is 13.2. The highest BCUT2D eigenvalue weighted by molar-refractivity contribution is 7.13. The molecule has 1 aliphatic heterocycles. The van der Waals surface area contributed by atoms with Crippen LogP contribution in [0.3, 0.4) is 0 Å². The van der Waals surface area contributed by atoms with Crippen molar-refractivity contribution in [3.05, 3.63) is 65.2 Å². The first kappa shape index (κ1) is 22.2. The largest absolute Gasteiger partial charge is 0.452 e. The summed E-state index contributed by atoms with van der Waals surface area (Å²) in [5, 5.41) is 9.98. The van der Waals surface area contributed by atoms with Gasteiger partial charge >= 0.3 is 5.97 Å². The predicted molar refractivity (Wildman–Crippen MR) is 129 cm³/mol. The van der Waals surface area contributed by atoms with Crippen LogP contribution >= 0.6 is 11.3 Å². The number of hydrogen-bond donors (Lipinski definition) is 1. The van der Waals surface area contributed by atoms with E-state index in [1.165, 1.54) is 11.3 Å². The molecule has 3 aromatic heterocycles. The Balaban J connectivity index is 1.45. The Morgan fingerprint density at radius 1 is 1.24 bits per heavy atom. The summed E-state index contributed by atoms with van der Waals surface area (Å²) in [6.45, 7) is 2.60. The number of thiophene rings is 1. The Morgan fingerprint density at radius 3 is 2.82 bits per heavy atom. The molecular weight excluding hydrogens is 452 g/mol. The number of fused-ring (bicyclic) bond motifs is 1. The zero-order valence-electron chi connectivity index (χ0n) is 18.7. The molecule has 1 aromatic carbocycles. The number of benzene rings is 1. The number of nitrogens with one attached hydrogen (secondary N) is 1. The third-order valence-electron chi connectivity index (χ3n) is 5.69. The van der Waals surface area contributed by atoms with Crippen molar-refractivity contribution in [1.29, 1.82) is 0 Å². The van der Waals surface area contributed by atoms with Crippen molar-refractivity contribution in [2.45, 2.75) is 25.9 Å². The predicted octanol–water partition coefficient (Wildman–Crippen LogP) is 3.91. The lowest BCUT2D eigenvalue weighted by Crippen LogP contribution is -2.34. The molecule has 0 saturated carbocycles. The summed E-state index contributed by atoms with van der Waals surface area (Å²) >= 11 is 1.53. The number of nitrogens with zero attached hydrogens (tertiary/aromatic N) is 3. The molecule has 1 fully saturated rings. The molecule has 34 heavy (non-hydrogen) atoms. The molecule has 4 aromatic rings. The van der Waals surface area contributed by atoms with Crippen LogP contribution < -0.4 is 5.32 Å². The molecule has 0 aliphatic carbocycles. The summed E-state index contributed by atoms with van der Waals surface area (Å²) < 4.78 is 12.6. The third kappa shape index (κ3) is 4.57. The summed E-state index contributed by atoms with van der Waals surface area (Å²) in [6, 6.07) is 15.2. The van der Waals surface area contributed by atoms with Gasteiger partial charge < -0.3 is 14.8 Å². The zero-order valence-corrected chi connectivity index (χ0v) is 19.5. The van der Waals surface area contributed by atoms with E-state index < -0.39 is 5.97 Å². The van der Waals surface area contributed by atoms with Gasteiger partial charge in [0.25, 0.3) is 5.91 Å². The Bertz CT molecular complexity index is 1310. The summed E-state index contributed by atoms with van der Waals surface area (Å²) in [4.78, 5) is 31.1. The molecule has 1 N–H and O–H groups in total. The maximum absolute atomic E-state index is 13.2. The standard InChI is InChI=1S/C25H24N4O4S/c1-16-23-19(25(31)33-15-22(30)26-14-18-9-5-11-32-18)13-20(21-10-6-12-34-21)27-24(23)29(28-16)17-7-3-2-4-8-17/h2-4,6-8,10,12-13,18H,5,9,11,14-15H2,1H3,(H,26,30)/t18-/m0/s1. The smallest absolute Gasteiger partial charge is 0.339 e. The van der Waals surface area contributed by atoms with E-state index in [-0.39, 0.29) is 18.6 Å². The Morgan fingerprint density at radius 2 is 2.09 bits per heavy atom. The SMILES string of the molecule is Cc1nn(-c2ccccc2)c2nc(-c3cccs3)cc(C(=O)OCC(=O)NC[C@@H]3CCCO3)c12. The first-order chi connectivity index (χ1) is 16.6. The molecule has 174 valence electrons. The molecule has 0 radical (unpaired) electrons. The summed E-state index contributed by atoms with van der Waals surface area (Å²) in [5.41, 5.74) is 3.03. The fourth-order valence-corrected chi connectivity index (χ4v) is 4.73. The number of aromatic nitrogens is 3. The Hall–Kier alpha value is -3.56. The lowest BCUT2D eigenvalue weighted by atomic mass is 10.1. The minimum Gasteiger partial charge on any atom is -0.452 e. The van der Waals surface area contributed by atoms with Gasteiger partial charge in [-0.1, -0.05) is 24.3 Å². The molecular formula is C25H24N4O4S. The van der Waals surface area contributed by atoms with Crippen molar-refractivity contribution in [1.82, 2.24) is 20.1 Å². The van der Waals surface area contributed by atoms with Crippen LogP contribution in [0.25, 0.3) is 27.3 Å². The zero-order chi connectivity index (χ0) is 23.5. The van der Waals surface area contributed by atoms with E-state index >= 15 is 0 Å².